The maximum absolute atomic E-state index is 13.1. The number of rotatable bonds is 6. The van der Waals surface area contributed by atoms with Crippen LogP contribution in [0.2, 0.25) is 0 Å². The lowest BCUT2D eigenvalue weighted by molar-refractivity contribution is -0.138. The van der Waals surface area contributed by atoms with Gasteiger partial charge in [0, 0.05) is 5.41 Å². The molecular formula is C23H19F9O3S. The molecular weight excluding hydrogens is 527 g/mol. The van der Waals surface area contributed by atoms with E-state index < -0.39 is 50.3 Å². The molecule has 36 heavy (non-hydrogen) atoms. The summed E-state index contributed by atoms with van der Waals surface area (Å²) in [6, 6.07) is 7.57. The molecule has 0 bridgehead atoms. The van der Waals surface area contributed by atoms with Gasteiger partial charge in [0.1, 0.15) is 5.76 Å². The van der Waals surface area contributed by atoms with Crippen LogP contribution >= 0.6 is 0 Å². The van der Waals surface area contributed by atoms with Gasteiger partial charge in [-0.25, -0.2) is 0 Å². The zero-order chi connectivity index (χ0) is 27.0. The molecule has 0 saturated carbocycles. The van der Waals surface area contributed by atoms with E-state index >= 15 is 0 Å². The van der Waals surface area contributed by atoms with Crippen molar-refractivity contribution in [2.75, 3.05) is 0 Å². The normalized spacial score (nSPS) is 17.0. The monoisotopic (exact) mass is 546 g/mol. The van der Waals surface area contributed by atoms with Gasteiger partial charge in [-0.05, 0) is 73.6 Å². The van der Waals surface area contributed by atoms with Gasteiger partial charge in [0.25, 0.3) is 0 Å². The molecule has 2 aromatic carbocycles. The topological polar surface area (TPSA) is 43.4 Å². The molecule has 0 aliphatic heterocycles. The fourth-order valence-corrected chi connectivity index (χ4v) is 4.69. The number of halogens is 9. The average Bonchev–Trinajstić information content (AvgIpc) is 2.74. The van der Waals surface area contributed by atoms with E-state index in [-0.39, 0.29) is 36.8 Å². The highest BCUT2D eigenvalue weighted by Gasteiger charge is 2.51. The molecule has 0 fully saturated rings. The van der Waals surface area contributed by atoms with Crippen molar-refractivity contribution in [1.29, 1.82) is 0 Å². The number of hydrogen-bond donors (Lipinski definition) is 0. The Morgan fingerprint density at radius 1 is 0.722 bits per heavy atom. The van der Waals surface area contributed by atoms with Crippen LogP contribution in [0.1, 0.15) is 41.5 Å². The lowest BCUT2D eigenvalue weighted by Crippen LogP contribution is -2.36. The summed E-state index contributed by atoms with van der Waals surface area (Å²) in [6.07, 6.45) is -7.90. The minimum atomic E-state index is -6.07. The standard InChI is InChI=1S/C23H19F9O3S/c24-21(25,26)17-8-4-15(5-9-17)13-20(14-16-6-10-18(11-7-16)22(27,28)29)12-2-1-3-19(20)35-36(33,34)23(30,31)32/h3-11H,1-2,12-14H2. The first-order valence-electron chi connectivity index (χ1n) is 10.5. The fraction of sp³-hybridized carbons (Fsp3) is 0.391. The van der Waals surface area contributed by atoms with E-state index in [0.29, 0.717) is 6.42 Å². The maximum Gasteiger partial charge on any atom is 0.534 e. The Morgan fingerprint density at radius 3 is 1.50 bits per heavy atom. The van der Waals surface area contributed by atoms with Gasteiger partial charge in [-0.15, -0.1) is 0 Å². The summed E-state index contributed by atoms with van der Waals surface area (Å²) >= 11 is 0. The summed E-state index contributed by atoms with van der Waals surface area (Å²) in [5, 5.41) is 0. The maximum atomic E-state index is 13.1. The third-order valence-corrected chi connectivity index (χ3v) is 6.81. The van der Waals surface area contributed by atoms with Gasteiger partial charge in [0.05, 0.1) is 11.1 Å². The third-order valence-electron chi connectivity index (χ3n) is 5.84. The smallest absolute Gasteiger partial charge is 0.380 e. The second-order valence-corrected chi connectivity index (χ2v) is 10.0. The first-order valence-corrected chi connectivity index (χ1v) is 11.9. The minimum Gasteiger partial charge on any atom is -0.380 e. The van der Waals surface area contributed by atoms with Crippen LogP contribution in [0.4, 0.5) is 39.5 Å². The van der Waals surface area contributed by atoms with Crippen molar-refractivity contribution < 1.29 is 52.1 Å². The second-order valence-electron chi connectivity index (χ2n) is 8.47. The summed E-state index contributed by atoms with van der Waals surface area (Å²) in [5.41, 5.74) is -8.64. The van der Waals surface area contributed by atoms with E-state index in [1.807, 2.05) is 0 Å². The molecule has 0 amide bonds. The molecule has 13 heteroatoms. The molecule has 1 aliphatic carbocycles. The fourth-order valence-electron chi connectivity index (χ4n) is 4.12. The molecule has 2 aromatic rings. The van der Waals surface area contributed by atoms with Crippen LogP contribution in [0.3, 0.4) is 0 Å². The van der Waals surface area contributed by atoms with Crippen molar-refractivity contribution in [1.82, 2.24) is 0 Å². The Balaban J connectivity index is 2.04. The van der Waals surface area contributed by atoms with Crippen LogP contribution in [0.25, 0.3) is 0 Å². The molecule has 0 saturated heterocycles. The summed E-state index contributed by atoms with van der Waals surface area (Å²) in [4.78, 5) is 0. The Labute approximate surface area is 200 Å². The van der Waals surface area contributed by atoms with E-state index in [9.17, 15) is 47.9 Å². The van der Waals surface area contributed by atoms with Crippen molar-refractivity contribution >= 4 is 10.1 Å². The summed E-state index contributed by atoms with van der Waals surface area (Å²) < 4.78 is 145. The van der Waals surface area contributed by atoms with Crippen molar-refractivity contribution in [2.24, 2.45) is 5.41 Å². The minimum absolute atomic E-state index is 0.0776. The highest BCUT2D eigenvalue weighted by Crippen LogP contribution is 2.46. The third kappa shape index (κ3) is 6.34. The van der Waals surface area contributed by atoms with Gasteiger partial charge < -0.3 is 4.18 Å². The molecule has 0 heterocycles. The van der Waals surface area contributed by atoms with Crippen LogP contribution in [0.15, 0.2) is 60.4 Å². The number of hydrogen-bond acceptors (Lipinski definition) is 3. The predicted molar refractivity (Wildman–Crippen MR) is 111 cm³/mol. The lowest BCUT2D eigenvalue weighted by Gasteiger charge is -2.38. The van der Waals surface area contributed by atoms with Gasteiger partial charge in [-0.1, -0.05) is 24.3 Å². The van der Waals surface area contributed by atoms with Crippen LogP contribution in [-0.4, -0.2) is 13.9 Å². The summed E-state index contributed by atoms with van der Waals surface area (Å²) in [5.74, 6) is -0.550. The van der Waals surface area contributed by atoms with E-state index in [2.05, 4.69) is 4.18 Å². The molecule has 0 spiro atoms. The van der Waals surface area contributed by atoms with Gasteiger partial charge >= 0.3 is 28.0 Å². The van der Waals surface area contributed by atoms with Crippen molar-refractivity contribution in [3.05, 3.63) is 82.6 Å². The molecule has 198 valence electrons. The first kappa shape index (κ1) is 27.9. The van der Waals surface area contributed by atoms with Crippen molar-refractivity contribution in [2.45, 2.75) is 50.0 Å². The highest BCUT2D eigenvalue weighted by molar-refractivity contribution is 7.87. The lowest BCUT2D eigenvalue weighted by atomic mass is 9.69. The van der Waals surface area contributed by atoms with Crippen LogP contribution < -0.4 is 0 Å². The number of benzene rings is 2. The molecule has 1 aliphatic rings. The summed E-state index contributed by atoms with van der Waals surface area (Å²) in [6.45, 7) is 0. The quantitative estimate of drug-likeness (QED) is 0.215. The molecule has 0 N–H and O–H groups in total. The van der Waals surface area contributed by atoms with Gasteiger partial charge in [0.2, 0.25) is 0 Å². The molecule has 3 nitrogen and oxygen atoms in total. The van der Waals surface area contributed by atoms with Crippen LogP contribution in [-0.2, 0) is 39.5 Å². The predicted octanol–water partition coefficient (Wildman–Crippen LogP) is 7.43. The first-order chi connectivity index (χ1) is 16.4. The van der Waals surface area contributed by atoms with E-state index in [1.165, 1.54) is 6.08 Å². The van der Waals surface area contributed by atoms with Crippen LogP contribution in [0, 0.1) is 5.41 Å². The van der Waals surface area contributed by atoms with E-state index in [1.54, 1.807) is 0 Å². The Kier molecular flexibility index (Phi) is 7.46. The Hall–Kier alpha value is -2.70. The molecule has 0 atom stereocenters. The molecule has 0 unspecified atom stereocenters. The molecule has 0 radical (unpaired) electrons. The van der Waals surface area contributed by atoms with E-state index in [4.69, 9.17) is 0 Å². The Morgan fingerprint density at radius 2 is 1.14 bits per heavy atom. The highest BCUT2D eigenvalue weighted by atomic mass is 32.2. The largest absolute Gasteiger partial charge is 0.534 e. The zero-order valence-corrected chi connectivity index (χ0v) is 19.1. The van der Waals surface area contributed by atoms with Gasteiger partial charge in [-0.2, -0.15) is 47.9 Å². The average molecular weight is 546 g/mol. The number of allylic oxidation sites excluding steroid dienone is 2. The zero-order valence-electron chi connectivity index (χ0n) is 18.3. The van der Waals surface area contributed by atoms with E-state index in [0.717, 1.165) is 48.5 Å². The molecule has 0 aromatic heterocycles. The second kappa shape index (κ2) is 9.64. The van der Waals surface area contributed by atoms with Crippen LogP contribution in [0.5, 0.6) is 0 Å². The van der Waals surface area contributed by atoms with Gasteiger partial charge in [0.15, 0.2) is 0 Å². The summed E-state index contributed by atoms with van der Waals surface area (Å²) in [7, 11) is -6.07. The SMILES string of the molecule is O=S(=O)(OC1=CCCCC1(Cc1ccc(C(F)(F)F)cc1)Cc1ccc(C(F)(F)F)cc1)C(F)(F)F. The number of alkyl halides is 9. The van der Waals surface area contributed by atoms with Crippen molar-refractivity contribution in [3.63, 3.8) is 0 Å². The Bertz CT molecular complexity index is 1130. The van der Waals surface area contributed by atoms with Gasteiger partial charge in [-0.3, -0.25) is 0 Å². The molecule has 3 rings (SSSR count). The van der Waals surface area contributed by atoms with Crippen molar-refractivity contribution in [3.8, 4) is 0 Å².